The van der Waals surface area contributed by atoms with Crippen LogP contribution in [0, 0.1) is 11.3 Å². The second-order valence-corrected chi connectivity index (χ2v) is 5.68. The summed E-state index contributed by atoms with van der Waals surface area (Å²) in [7, 11) is 0. The molecule has 1 aromatic rings. The Bertz CT molecular complexity index is 351. The topological polar surface area (TPSA) is 0 Å². The molecule has 0 spiro atoms. The number of rotatable bonds is 2. The van der Waals surface area contributed by atoms with Crippen LogP contribution in [0.15, 0.2) is 42.0 Å². The Hall–Kier alpha value is -1.04. The first-order valence-electron chi connectivity index (χ1n) is 5.80. The molecule has 0 heterocycles. The zero-order valence-corrected chi connectivity index (χ0v) is 9.96. The van der Waals surface area contributed by atoms with E-state index in [9.17, 15) is 0 Å². The lowest BCUT2D eigenvalue weighted by Gasteiger charge is -2.10. The highest BCUT2D eigenvalue weighted by Crippen LogP contribution is 2.42. The highest BCUT2D eigenvalue weighted by atomic mass is 14.3. The van der Waals surface area contributed by atoms with Crippen molar-refractivity contribution in [2.24, 2.45) is 11.3 Å². The predicted molar refractivity (Wildman–Crippen MR) is 65.8 cm³/mol. The number of benzene rings is 1. The molecule has 1 unspecified atom stereocenters. The van der Waals surface area contributed by atoms with Crippen molar-refractivity contribution in [2.75, 3.05) is 0 Å². The SMILES string of the molecule is CC(C)(C)/C=C1/CC1Cc1ccccc1. The molecule has 1 aromatic carbocycles. The van der Waals surface area contributed by atoms with Gasteiger partial charge < -0.3 is 0 Å². The highest BCUT2D eigenvalue weighted by Gasteiger charge is 2.30. The first-order valence-corrected chi connectivity index (χ1v) is 5.80. The third-order valence-corrected chi connectivity index (χ3v) is 2.79. The van der Waals surface area contributed by atoms with Crippen LogP contribution < -0.4 is 0 Å². The summed E-state index contributed by atoms with van der Waals surface area (Å²) < 4.78 is 0. The van der Waals surface area contributed by atoms with Crippen molar-refractivity contribution in [1.29, 1.82) is 0 Å². The average molecular weight is 200 g/mol. The number of hydrogen-bond donors (Lipinski definition) is 0. The van der Waals surface area contributed by atoms with Crippen molar-refractivity contribution >= 4 is 0 Å². The second-order valence-electron chi connectivity index (χ2n) is 5.68. The quantitative estimate of drug-likeness (QED) is 0.627. The van der Waals surface area contributed by atoms with Gasteiger partial charge in [0, 0.05) is 0 Å². The van der Waals surface area contributed by atoms with E-state index in [1.54, 1.807) is 5.57 Å². The summed E-state index contributed by atoms with van der Waals surface area (Å²) in [5, 5.41) is 0. The average Bonchev–Trinajstić information content (AvgIpc) is 2.82. The molecule has 0 nitrogen and oxygen atoms in total. The van der Waals surface area contributed by atoms with Gasteiger partial charge in [-0.05, 0) is 29.7 Å². The van der Waals surface area contributed by atoms with Crippen LogP contribution in [0.4, 0.5) is 0 Å². The molecule has 0 radical (unpaired) electrons. The van der Waals surface area contributed by atoms with E-state index in [4.69, 9.17) is 0 Å². The number of hydrogen-bond acceptors (Lipinski definition) is 0. The van der Waals surface area contributed by atoms with Crippen LogP contribution in [0.2, 0.25) is 0 Å². The van der Waals surface area contributed by atoms with Gasteiger partial charge in [-0.25, -0.2) is 0 Å². The van der Waals surface area contributed by atoms with E-state index in [1.807, 2.05) is 0 Å². The van der Waals surface area contributed by atoms with Gasteiger partial charge in [-0.3, -0.25) is 0 Å². The van der Waals surface area contributed by atoms with Crippen molar-refractivity contribution in [2.45, 2.75) is 33.6 Å². The van der Waals surface area contributed by atoms with Crippen LogP contribution in [0.5, 0.6) is 0 Å². The maximum Gasteiger partial charge on any atom is -0.0125 e. The Morgan fingerprint density at radius 3 is 2.47 bits per heavy atom. The Labute approximate surface area is 93.0 Å². The molecule has 1 aliphatic carbocycles. The van der Waals surface area contributed by atoms with Crippen LogP contribution in [0.1, 0.15) is 32.8 Å². The Kier molecular flexibility index (Phi) is 2.68. The van der Waals surface area contributed by atoms with Crippen LogP contribution in [-0.4, -0.2) is 0 Å². The minimum atomic E-state index is 0.348. The molecule has 2 rings (SSSR count). The Balaban J connectivity index is 1.94. The smallest absolute Gasteiger partial charge is 0.0125 e. The van der Waals surface area contributed by atoms with Crippen LogP contribution >= 0.6 is 0 Å². The molecule has 80 valence electrons. The van der Waals surface area contributed by atoms with E-state index in [-0.39, 0.29) is 0 Å². The molecule has 1 aliphatic rings. The number of allylic oxidation sites excluding steroid dienone is 2. The zero-order chi connectivity index (χ0) is 10.9. The first-order chi connectivity index (χ1) is 7.04. The van der Waals surface area contributed by atoms with Gasteiger partial charge in [0.05, 0.1) is 0 Å². The zero-order valence-electron chi connectivity index (χ0n) is 9.96. The van der Waals surface area contributed by atoms with E-state index in [0.717, 1.165) is 5.92 Å². The molecule has 0 N–H and O–H groups in total. The van der Waals surface area contributed by atoms with Gasteiger partial charge >= 0.3 is 0 Å². The van der Waals surface area contributed by atoms with Crippen molar-refractivity contribution in [3.63, 3.8) is 0 Å². The van der Waals surface area contributed by atoms with Crippen molar-refractivity contribution < 1.29 is 0 Å². The molecule has 0 bridgehead atoms. The van der Waals surface area contributed by atoms with Gasteiger partial charge in [-0.1, -0.05) is 62.8 Å². The largest absolute Gasteiger partial charge is 0.0796 e. The Morgan fingerprint density at radius 2 is 1.87 bits per heavy atom. The van der Waals surface area contributed by atoms with Gasteiger partial charge in [0.2, 0.25) is 0 Å². The van der Waals surface area contributed by atoms with Gasteiger partial charge in [-0.2, -0.15) is 0 Å². The van der Waals surface area contributed by atoms with Crippen molar-refractivity contribution in [1.82, 2.24) is 0 Å². The van der Waals surface area contributed by atoms with Crippen LogP contribution in [-0.2, 0) is 6.42 Å². The summed E-state index contributed by atoms with van der Waals surface area (Å²) >= 11 is 0. The van der Waals surface area contributed by atoms with Gasteiger partial charge in [0.25, 0.3) is 0 Å². The monoisotopic (exact) mass is 200 g/mol. The molecule has 0 heteroatoms. The molecule has 1 atom stereocenters. The van der Waals surface area contributed by atoms with Crippen molar-refractivity contribution in [3.8, 4) is 0 Å². The maximum absolute atomic E-state index is 2.45. The fourth-order valence-electron chi connectivity index (χ4n) is 2.06. The lowest BCUT2D eigenvalue weighted by molar-refractivity contribution is 0.541. The normalized spacial score (nSPS) is 23.1. The van der Waals surface area contributed by atoms with E-state index in [0.29, 0.717) is 5.41 Å². The third-order valence-electron chi connectivity index (χ3n) is 2.79. The first kappa shape index (κ1) is 10.5. The molecular weight excluding hydrogens is 180 g/mol. The molecule has 0 aliphatic heterocycles. The van der Waals surface area contributed by atoms with E-state index < -0.39 is 0 Å². The van der Waals surface area contributed by atoms with Gasteiger partial charge in [-0.15, -0.1) is 0 Å². The lowest BCUT2D eigenvalue weighted by atomic mass is 9.95. The summed E-state index contributed by atoms with van der Waals surface area (Å²) in [6.07, 6.45) is 4.98. The molecule has 15 heavy (non-hydrogen) atoms. The van der Waals surface area contributed by atoms with Crippen LogP contribution in [0.25, 0.3) is 0 Å². The van der Waals surface area contributed by atoms with E-state index in [2.05, 4.69) is 57.2 Å². The molecular formula is C15H20. The fourth-order valence-corrected chi connectivity index (χ4v) is 2.06. The Morgan fingerprint density at radius 1 is 1.20 bits per heavy atom. The summed E-state index contributed by atoms with van der Waals surface area (Å²) in [6.45, 7) is 6.83. The fraction of sp³-hybridized carbons (Fsp3) is 0.467. The van der Waals surface area contributed by atoms with Gasteiger partial charge in [0.1, 0.15) is 0 Å². The third kappa shape index (κ3) is 3.23. The summed E-state index contributed by atoms with van der Waals surface area (Å²) in [4.78, 5) is 0. The second kappa shape index (κ2) is 3.84. The summed E-state index contributed by atoms with van der Waals surface area (Å²) in [6, 6.07) is 10.8. The predicted octanol–water partition coefficient (Wildman–Crippen LogP) is 4.22. The summed E-state index contributed by atoms with van der Waals surface area (Å²) in [5.41, 5.74) is 3.48. The van der Waals surface area contributed by atoms with E-state index in [1.165, 1.54) is 18.4 Å². The van der Waals surface area contributed by atoms with E-state index >= 15 is 0 Å². The van der Waals surface area contributed by atoms with Crippen molar-refractivity contribution in [3.05, 3.63) is 47.5 Å². The molecule has 0 amide bonds. The molecule has 1 saturated carbocycles. The minimum Gasteiger partial charge on any atom is -0.0796 e. The standard InChI is InChI=1S/C15H20/c1-15(2,3)11-14-10-13(14)9-12-7-5-4-6-8-12/h4-8,11,13H,9-10H2,1-3H3/b14-11-. The minimum absolute atomic E-state index is 0.348. The van der Waals surface area contributed by atoms with Crippen LogP contribution in [0.3, 0.4) is 0 Å². The molecule has 0 aromatic heterocycles. The highest BCUT2D eigenvalue weighted by molar-refractivity contribution is 5.29. The lowest BCUT2D eigenvalue weighted by Crippen LogP contribution is -1.98. The molecule has 1 fully saturated rings. The van der Waals surface area contributed by atoms with Gasteiger partial charge in [0.15, 0.2) is 0 Å². The molecule has 0 saturated heterocycles. The summed E-state index contributed by atoms with van der Waals surface area (Å²) in [5.74, 6) is 0.826. The maximum atomic E-state index is 2.45.